The molecule has 5 nitrogen and oxygen atoms in total. The molecule has 0 aliphatic heterocycles. The fourth-order valence-corrected chi connectivity index (χ4v) is 3.00. The van der Waals surface area contributed by atoms with Gasteiger partial charge < -0.3 is 5.32 Å². The van der Waals surface area contributed by atoms with Crippen LogP contribution in [0.5, 0.6) is 0 Å². The molecule has 7 heteroatoms. The van der Waals surface area contributed by atoms with Crippen LogP contribution >= 0.6 is 31.9 Å². The van der Waals surface area contributed by atoms with Crippen molar-refractivity contribution in [3.8, 4) is 0 Å². The van der Waals surface area contributed by atoms with Gasteiger partial charge in [-0.1, -0.05) is 22.0 Å². The van der Waals surface area contributed by atoms with E-state index < -0.39 is 6.04 Å². The zero-order valence-electron chi connectivity index (χ0n) is 12.5. The van der Waals surface area contributed by atoms with E-state index in [1.165, 1.54) is 0 Å². The third kappa shape index (κ3) is 3.16. The van der Waals surface area contributed by atoms with E-state index in [4.69, 9.17) is 0 Å². The van der Waals surface area contributed by atoms with E-state index in [0.717, 1.165) is 25.5 Å². The highest BCUT2D eigenvalue weighted by molar-refractivity contribution is 9.11. The fourth-order valence-electron chi connectivity index (χ4n) is 2.25. The Morgan fingerprint density at radius 1 is 1.26 bits per heavy atom. The number of carbonyl (C=O) groups excluding carboxylic acids is 1. The van der Waals surface area contributed by atoms with Crippen LogP contribution in [0.3, 0.4) is 0 Å². The van der Waals surface area contributed by atoms with Gasteiger partial charge in [0, 0.05) is 22.3 Å². The van der Waals surface area contributed by atoms with Gasteiger partial charge in [-0.2, -0.15) is 5.10 Å². The van der Waals surface area contributed by atoms with Crippen LogP contribution in [0, 0.1) is 6.92 Å². The van der Waals surface area contributed by atoms with Crippen LogP contribution in [-0.2, 0) is 4.79 Å². The molecule has 3 rings (SSSR count). The maximum absolute atomic E-state index is 12.5. The molecular weight excluding hydrogens is 424 g/mol. The van der Waals surface area contributed by atoms with E-state index in [9.17, 15) is 4.79 Å². The highest BCUT2D eigenvalue weighted by atomic mass is 79.9. The number of pyridine rings is 1. The molecule has 0 saturated heterocycles. The number of anilines is 1. The number of amides is 1. The third-order valence-corrected chi connectivity index (χ3v) is 5.08. The molecule has 118 valence electrons. The van der Waals surface area contributed by atoms with Crippen LogP contribution in [0.25, 0.3) is 10.9 Å². The van der Waals surface area contributed by atoms with Crippen molar-refractivity contribution in [1.82, 2.24) is 14.8 Å². The fraction of sp³-hybridized carbons (Fsp3) is 0.188. The van der Waals surface area contributed by atoms with E-state index in [-0.39, 0.29) is 5.91 Å². The molecule has 23 heavy (non-hydrogen) atoms. The average molecular weight is 438 g/mol. The summed E-state index contributed by atoms with van der Waals surface area (Å²) in [5, 5.41) is 8.23. The van der Waals surface area contributed by atoms with Crippen LogP contribution in [-0.4, -0.2) is 20.7 Å². The van der Waals surface area contributed by atoms with Crippen molar-refractivity contribution in [1.29, 1.82) is 0 Å². The van der Waals surface area contributed by atoms with Gasteiger partial charge >= 0.3 is 0 Å². The minimum atomic E-state index is -0.428. The van der Waals surface area contributed by atoms with E-state index >= 15 is 0 Å². The number of nitrogens with one attached hydrogen (secondary N) is 1. The molecule has 0 spiro atoms. The standard InChI is InChI=1S/C16H14Br2N4O/c1-9-13(18)8-22(21-9)10(2)16(23)20-14-6-5-12(17)11-4-3-7-19-15(11)14/h3-8,10H,1-2H3,(H,20,23). The Hall–Kier alpha value is -1.73. The summed E-state index contributed by atoms with van der Waals surface area (Å²) in [4.78, 5) is 16.9. The summed E-state index contributed by atoms with van der Waals surface area (Å²) in [5.41, 5.74) is 2.28. The van der Waals surface area contributed by atoms with Crippen molar-refractivity contribution in [2.24, 2.45) is 0 Å². The number of hydrogen-bond donors (Lipinski definition) is 1. The quantitative estimate of drug-likeness (QED) is 0.657. The van der Waals surface area contributed by atoms with Crippen LogP contribution in [0.4, 0.5) is 5.69 Å². The Balaban J connectivity index is 1.90. The van der Waals surface area contributed by atoms with Crippen LogP contribution < -0.4 is 5.32 Å². The number of halogens is 2. The molecule has 0 radical (unpaired) electrons. The van der Waals surface area contributed by atoms with Crippen LogP contribution in [0.1, 0.15) is 18.7 Å². The van der Waals surface area contributed by atoms with Gasteiger partial charge in [-0.15, -0.1) is 0 Å². The highest BCUT2D eigenvalue weighted by Gasteiger charge is 2.18. The lowest BCUT2D eigenvalue weighted by atomic mass is 10.2. The van der Waals surface area contributed by atoms with Gasteiger partial charge in [-0.3, -0.25) is 14.5 Å². The van der Waals surface area contributed by atoms with Crippen molar-refractivity contribution < 1.29 is 4.79 Å². The molecule has 0 fully saturated rings. The smallest absolute Gasteiger partial charge is 0.249 e. The molecule has 0 aliphatic carbocycles. The van der Waals surface area contributed by atoms with Gasteiger partial charge in [0.25, 0.3) is 0 Å². The van der Waals surface area contributed by atoms with Crippen LogP contribution in [0.2, 0.25) is 0 Å². The molecule has 0 aliphatic rings. The molecule has 2 heterocycles. The third-order valence-electron chi connectivity index (χ3n) is 3.61. The maximum Gasteiger partial charge on any atom is 0.249 e. The summed E-state index contributed by atoms with van der Waals surface area (Å²) in [7, 11) is 0. The summed E-state index contributed by atoms with van der Waals surface area (Å²) in [5.74, 6) is -0.144. The van der Waals surface area contributed by atoms with Crippen molar-refractivity contribution in [3.63, 3.8) is 0 Å². The molecule has 1 N–H and O–H groups in total. The van der Waals surface area contributed by atoms with Crippen molar-refractivity contribution >= 4 is 54.4 Å². The van der Waals surface area contributed by atoms with Gasteiger partial charge in [0.2, 0.25) is 5.91 Å². The normalized spacial score (nSPS) is 12.3. The number of carbonyl (C=O) groups is 1. The predicted octanol–water partition coefficient (Wildman–Crippen LogP) is 4.46. The molecule has 1 atom stereocenters. The summed E-state index contributed by atoms with van der Waals surface area (Å²) >= 11 is 6.91. The zero-order chi connectivity index (χ0) is 16.6. The molecular formula is C16H14Br2N4O. The number of nitrogens with zero attached hydrogens (tertiary/aromatic N) is 3. The minimum absolute atomic E-state index is 0.144. The topological polar surface area (TPSA) is 59.8 Å². The Labute approximate surface area is 150 Å². The lowest BCUT2D eigenvalue weighted by Crippen LogP contribution is -2.24. The number of fused-ring (bicyclic) bond motifs is 1. The van der Waals surface area contributed by atoms with Gasteiger partial charge in [0.15, 0.2) is 0 Å². The van der Waals surface area contributed by atoms with Crippen LogP contribution in [0.15, 0.2) is 45.6 Å². The maximum atomic E-state index is 12.5. The van der Waals surface area contributed by atoms with E-state index in [1.807, 2.05) is 38.1 Å². The predicted molar refractivity (Wildman–Crippen MR) is 97.4 cm³/mol. The number of rotatable bonds is 3. The SMILES string of the molecule is Cc1nn(C(C)C(=O)Nc2ccc(Br)c3cccnc23)cc1Br. The van der Waals surface area contributed by atoms with Gasteiger partial charge in [0.05, 0.1) is 21.4 Å². The second kappa shape index (κ2) is 6.41. The summed E-state index contributed by atoms with van der Waals surface area (Å²) < 4.78 is 3.47. The Morgan fingerprint density at radius 3 is 2.74 bits per heavy atom. The van der Waals surface area contributed by atoms with Gasteiger partial charge in [-0.25, -0.2) is 0 Å². The Morgan fingerprint density at radius 2 is 2.04 bits per heavy atom. The summed E-state index contributed by atoms with van der Waals surface area (Å²) in [6.45, 7) is 3.69. The number of benzene rings is 1. The number of hydrogen-bond acceptors (Lipinski definition) is 3. The Kier molecular flexibility index (Phi) is 4.50. The molecule has 1 unspecified atom stereocenters. The average Bonchev–Trinajstić information content (AvgIpc) is 2.89. The molecule has 1 aromatic carbocycles. The van der Waals surface area contributed by atoms with Crippen molar-refractivity contribution in [2.45, 2.75) is 19.9 Å². The molecule has 0 bridgehead atoms. The first-order chi connectivity index (χ1) is 11.0. The van der Waals surface area contributed by atoms with E-state index in [0.29, 0.717) is 5.69 Å². The lowest BCUT2D eigenvalue weighted by Gasteiger charge is -2.14. The molecule has 0 saturated carbocycles. The molecule has 2 aromatic heterocycles. The highest BCUT2D eigenvalue weighted by Crippen LogP contribution is 2.29. The van der Waals surface area contributed by atoms with E-state index in [2.05, 4.69) is 47.3 Å². The number of aromatic nitrogens is 3. The Bertz CT molecular complexity index is 871. The van der Waals surface area contributed by atoms with Crippen molar-refractivity contribution in [2.75, 3.05) is 5.32 Å². The first-order valence-corrected chi connectivity index (χ1v) is 8.61. The summed E-state index contributed by atoms with van der Waals surface area (Å²) in [6, 6.07) is 7.14. The number of aryl methyl sites for hydroxylation is 1. The van der Waals surface area contributed by atoms with Gasteiger partial charge in [-0.05, 0) is 48.0 Å². The molecule has 3 aromatic rings. The largest absolute Gasteiger partial charge is 0.322 e. The van der Waals surface area contributed by atoms with Crippen molar-refractivity contribution in [3.05, 3.63) is 51.3 Å². The lowest BCUT2D eigenvalue weighted by molar-refractivity contribution is -0.119. The first kappa shape index (κ1) is 16.1. The monoisotopic (exact) mass is 436 g/mol. The molecule has 1 amide bonds. The zero-order valence-corrected chi connectivity index (χ0v) is 15.7. The minimum Gasteiger partial charge on any atom is -0.322 e. The first-order valence-electron chi connectivity index (χ1n) is 7.02. The second-order valence-electron chi connectivity index (χ2n) is 5.20. The second-order valence-corrected chi connectivity index (χ2v) is 6.91. The summed E-state index contributed by atoms with van der Waals surface area (Å²) in [6.07, 6.45) is 3.51. The van der Waals surface area contributed by atoms with E-state index in [1.54, 1.807) is 17.1 Å². The van der Waals surface area contributed by atoms with Gasteiger partial charge in [0.1, 0.15) is 6.04 Å².